The van der Waals surface area contributed by atoms with Gasteiger partial charge in [0.15, 0.2) is 6.10 Å². The first-order valence-corrected chi connectivity index (χ1v) is 44.2. The van der Waals surface area contributed by atoms with Crippen molar-refractivity contribution in [2.45, 2.75) is 373 Å². The van der Waals surface area contributed by atoms with Crippen molar-refractivity contribution in [2.24, 2.45) is 0 Å². The Morgan fingerprint density at radius 1 is 0.282 bits per heavy atom. The highest BCUT2D eigenvalue weighted by atomic mass is 31.2. The van der Waals surface area contributed by atoms with E-state index in [0.717, 1.165) is 135 Å². The van der Waals surface area contributed by atoms with Crippen LogP contribution in [-0.2, 0) is 55.8 Å². The summed E-state index contributed by atoms with van der Waals surface area (Å²) < 4.78 is 61.2. The Morgan fingerprint density at radius 3 is 0.835 bits per heavy atom. The van der Waals surface area contributed by atoms with Gasteiger partial charge in [-0.3, -0.25) is 32.5 Å². The Morgan fingerprint density at radius 2 is 0.515 bits per heavy atom. The lowest BCUT2D eigenvalue weighted by atomic mass is 10.0. The molecule has 0 spiro atoms. The molecule has 18 heteroatoms. The number of aliphatic hydroxyl groups is 2. The second-order valence-corrected chi connectivity index (χ2v) is 30.5. The van der Waals surface area contributed by atoms with Crippen molar-refractivity contribution in [3.05, 3.63) is 109 Å². The van der Waals surface area contributed by atoms with Crippen molar-refractivity contribution in [3.63, 3.8) is 0 Å². The van der Waals surface area contributed by atoms with Gasteiger partial charge < -0.3 is 34.2 Å². The molecule has 103 heavy (non-hydrogen) atoms. The Bertz CT molecular complexity index is 2310. The molecule has 5 atom stereocenters. The number of carbonyl (C=O) groups is 3. The average molecular weight is 1490 g/mol. The molecule has 0 fully saturated rings. The van der Waals surface area contributed by atoms with E-state index in [9.17, 15) is 43.5 Å². The molecule has 0 saturated carbocycles. The third kappa shape index (κ3) is 79.1. The fourth-order valence-electron chi connectivity index (χ4n) is 11.2. The summed E-state index contributed by atoms with van der Waals surface area (Å²) in [5, 5.41) is 20.6. The van der Waals surface area contributed by atoms with Gasteiger partial charge in [-0.05, 0) is 109 Å². The highest BCUT2D eigenvalue weighted by Gasteiger charge is 2.29. The molecule has 0 aliphatic heterocycles. The van der Waals surface area contributed by atoms with Crippen molar-refractivity contribution in [3.8, 4) is 0 Å². The second kappa shape index (κ2) is 77.8. The van der Waals surface area contributed by atoms with Crippen molar-refractivity contribution < 1.29 is 75.8 Å². The molecular formula is C85H150O16P2. The molecule has 0 aromatic carbocycles. The maximum atomic E-state index is 13.0. The summed E-state index contributed by atoms with van der Waals surface area (Å²) in [6.45, 7) is 2.57. The Kier molecular flexibility index (Phi) is 74.9. The van der Waals surface area contributed by atoms with E-state index in [1.165, 1.54) is 161 Å². The molecule has 0 aromatic rings. The Labute approximate surface area is 628 Å². The summed E-state index contributed by atoms with van der Waals surface area (Å²) in [6.07, 6.45) is 91.4. The van der Waals surface area contributed by atoms with Crippen LogP contribution in [0.3, 0.4) is 0 Å². The van der Waals surface area contributed by atoms with Gasteiger partial charge in [0, 0.05) is 19.3 Å². The van der Waals surface area contributed by atoms with Gasteiger partial charge in [-0.2, -0.15) is 0 Å². The van der Waals surface area contributed by atoms with Crippen LogP contribution in [0.1, 0.15) is 355 Å². The van der Waals surface area contributed by atoms with Gasteiger partial charge in [0.1, 0.15) is 25.4 Å². The molecule has 0 aromatic heterocycles. The maximum Gasteiger partial charge on any atom is 0.472 e. The van der Waals surface area contributed by atoms with Gasteiger partial charge in [-0.15, -0.1) is 0 Å². The molecule has 0 amide bonds. The molecule has 5 unspecified atom stereocenters. The van der Waals surface area contributed by atoms with E-state index in [1.54, 1.807) is 0 Å². The minimum atomic E-state index is -4.93. The summed E-state index contributed by atoms with van der Waals surface area (Å²) in [5.74, 6) is -1.57. The largest absolute Gasteiger partial charge is 0.472 e. The van der Waals surface area contributed by atoms with E-state index >= 15 is 0 Å². The van der Waals surface area contributed by atoms with Crippen LogP contribution in [-0.4, -0.2) is 95.9 Å². The third-order valence-corrected chi connectivity index (χ3v) is 19.4. The van der Waals surface area contributed by atoms with Crippen molar-refractivity contribution in [1.29, 1.82) is 0 Å². The number of esters is 3. The fraction of sp³-hybridized carbons (Fsp3) is 0.753. The summed E-state index contributed by atoms with van der Waals surface area (Å²) in [4.78, 5) is 58.7. The highest BCUT2D eigenvalue weighted by molar-refractivity contribution is 7.47. The minimum absolute atomic E-state index is 0.106. The van der Waals surface area contributed by atoms with Gasteiger partial charge in [-0.1, -0.05) is 336 Å². The van der Waals surface area contributed by atoms with E-state index in [-0.39, 0.29) is 19.3 Å². The second-order valence-electron chi connectivity index (χ2n) is 27.6. The Hall–Kier alpha value is -3.79. The summed E-state index contributed by atoms with van der Waals surface area (Å²) >= 11 is 0. The van der Waals surface area contributed by atoms with Crippen molar-refractivity contribution >= 4 is 33.6 Å². The van der Waals surface area contributed by atoms with Crippen LogP contribution in [0.5, 0.6) is 0 Å². The SMILES string of the molecule is CC/C=C\C/C=C\C/C=C\C/C=C\C/C=C\CCCCCCCCCCCC(=O)OCC(COP(=O)(O)OCC(O)COP(=O)(O)OCC(O)COC(=O)CCCCCCCCCCCCCCC/C=C\C/C=C\C/C=C\C/C=C\CCCCC)OC(=O)CCCCCCCCCCCCCCC. The lowest BCUT2D eigenvalue weighted by Gasteiger charge is -2.21. The number of carbonyl (C=O) groups excluding carboxylic acids is 3. The molecule has 16 nitrogen and oxygen atoms in total. The number of hydrogen-bond donors (Lipinski definition) is 4. The van der Waals surface area contributed by atoms with E-state index in [2.05, 4.69) is 130 Å². The van der Waals surface area contributed by atoms with Gasteiger partial charge in [0.2, 0.25) is 0 Å². The van der Waals surface area contributed by atoms with Gasteiger partial charge in [-0.25, -0.2) is 9.13 Å². The standard InChI is InChI=1S/C85H150O16P2/c1-4-7-10-13-16-19-22-25-27-29-31-33-35-37-38-39-40-42-44-45-47-49-51-54-56-59-62-65-68-71-83(88)95-74-80(86)75-97-102(91,92)98-76-81(87)77-99-103(93,94)100-79-82(101-85(90)73-70-67-64-61-58-53-24-21-18-15-12-9-6-3)78-96-84(89)72-69-66-63-60-57-55-52-50-48-46-43-41-36-34-32-30-28-26-23-20-17-14-11-8-5-2/h8,11,16-17,19-20,25-28,31-34,37-38,41,43,80-82,86-87H,4-7,9-10,12-15,18,21-24,29-30,35-36,39-40,42,44-79H2,1-3H3,(H,91,92)(H,93,94)/b11-8-,19-16-,20-17-,27-25-,28-26-,33-31-,34-32-,38-37-,43-41-. The number of hydrogen-bond acceptors (Lipinski definition) is 14. The van der Waals surface area contributed by atoms with Crippen LogP contribution in [0.4, 0.5) is 0 Å². The van der Waals surface area contributed by atoms with Gasteiger partial charge in [0.05, 0.1) is 26.4 Å². The number of ether oxygens (including phenoxy) is 3. The number of aliphatic hydroxyl groups excluding tert-OH is 2. The normalized spacial score (nSPS) is 14.5. The predicted molar refractivity (Wildman–Crippen MR) is 427 cm³/mol. The quantitative estimate of drug-likeness (QED) is 0.0146. The van der Waals surface area contributed by atoms with E-state index in [0.29, 0.717) is 19.3 Å². The lowest BCUT2D eigenvalue weighted by Crippen LogP contribution is -2.30. The average Bonchev–Trinajstić information content (AvgIpc) is 1.11. The van der Waals surface area contributed by atoms with Crippen LogP contribution in [0.15, 0.2) is 109 Å². The third-order valence-electron chi connectivity index (χ3n) is 17.5. The lowest BCUT2D eigenvalue weighted by molar-refractivity contribution is -0.161. The van der Waals surface area contributed by atoms with Crippen LogP contribution < -0.4 is 0 Å². The number of rotatable bonds is 78. The van der Waals surface area contributed by atoms with Gasteiger partial charge >= 0.3 is 33.6 Å². The highest BCUT2D eigenvalue weighted by Crippen LogP contribution is 2.45. The minimum Gasteiger partial charge on any atom is -0.463 e. The van der Waals surface area contributed by atoms with E-state index in [1.807, 2.05) is 0 Å². The summed E-state index contributed by atoms with van der Waals surface area (Å²) in [5.41, 5.74) is 0. The predicted octanol–water partition coefficient (Wildman–Crippen LogP) is 24.3. The molecule has 596 valence electrons. The van der Waals surface area contributed by atoms with Crippen LogP contribution in [0.25, 0.3) is 0 Å². The van der Waals surface area contributed by atoms with Crippen LogP contribution >= 0.6 is 15.6 Å². The zero-order valence-corrected chi connectivity index (χ0v) is 67.0. The van der Waals surface area contributed by atoms with Crippen LogP contribution in [0.2, 0.25) is 0 Å². The first kappa shape index (κ1) is 99.2. The molecule has 0 saturated heterocycles. The van der Waals surface area contributed by atoms with Gasteiger partial charge in [0.25, 0.3) is 0 Å². The van der Waals surface area contributed by atoms with E-state index < -0.39 is 91.5 Å². The first-order valence-electron chi connectivity index (χ1n) is 41.2. The smallest absolute Gasteiger partial charge is 0.463 e. The number of phosphoric acid groups is 2. The number of unbranched alkanes of at least 4 members (excludes halogenated alkanes) is 37. The van der Waals surface area contributed by atoms with Crippen LogP contribution in [0, 0.1) is 0 Å². The summed E-state index contributed by atoms with van der Waals surface area (Å²) in [7, 11) is -9.78. The zero-order valence-electron chi connectivity index (χ0n) is 65.2. The van der Waals surface area contributed by atoms with Crippen molar-refractivity contribution in [2.75, 3.05) is 39.6 Å². The topological polar surface area (TPSA) is 231 Å². The number of phosphoric ester groups is 2. The summed E-state index contributed by atoms with van der Waals surface area (Å²) in [6, 6.07) is 0. The maximum absolute atomic E-state index is 13.0. The van der Waals surface area contributed by atoms with Crippen molar-refractivity contribution in [1.82, 2.24) is 0 Å². The molecule has 0 bridgehead atoms. The molecule has 0 heterocycles. The first-order chi connectivity index (χ1) is 50.2. The number of allylic oxidation sites excluding steroid dienone is 18. The molecule has 0 aliphatic carbocycles. The van der Waals surface area contributed by atoms with E-state index in [4.69, 9.17) is 32.3 Å². The zero-order chi connectivity index (χ0) is 75.2. The molecular weight excluding hydrogens is 1340 g/mol. The molecule has 0 radical (unpaired) electrons. The monoisotopic (exact) mass is 1490 g/mol. The molecule has 4 N–H and O–H groups in total. The molecule has 0 aliphatic rings. The fourth-order valence-corrected chi connectivity index (χ4v) is 12.8. The Balaban J connectivity index is 4.48. The molecule has 0 rings (SSSR count).